The number of nitrogens with one attached hydrogen (secondary N) is 1. The van der Waals surface area contributed by atoms with Gasteiger partial charge in [-0.2, -0.15) is 0 Å². The Labute approximate surface area is 109 Å². The van der Waals surface area contributed by atoms with Crippen LogP contribution in [0.25, 0.3) is 0 Å². The minimum absolute atomic E-state index is 0.794. The Morgan fingerprint density at radius 1 is 1.22 bits per heavy atom. The molecule has 3 nitrogen and oxygen atoms in total. The van der Waals surface area contributed by atoms with E-state index in [4.69, 9.17) is 4.74 Å². The summed E-state index contributed by atoms with van der Waals surface area (Å²) in [5, 5.41) is 3.54. The van der Waals surface area contributed by atoms with Crippen molar-refractivity contribution in [2.45, 2.75) is 13.3 Å². The monoisotopic (exact) mass is 246 g/mol. The predicted molar refractivity (Wildman–Crippen MR) is 74.4 cm³/mol. The zero-order valence-corrected chi connectivity index (χ0v) is 11.3. The molecule has 1 N–H and O–H groups in total. The minimum atomic E-state index is 0.794. The molecule has 0 amide bonds. The fraction of sp³-hybridized carbons (Fsp3) is 0.600. The predicted octanol–water partition coefficient (Wildman–Crippen LogP) is 2.05. The van der Waals surface area contributed by atoms with Crippen molar-refractivity contribution in [2.24, 2.45) is 11.8 Å². The molecule has 2 aliphatic rings. The summed E-state index contributed by atoms with van der Waals surface area (Å²) in [7, 11) is 1.76. The molecule has 3 rings (SSSR count). The molecule has 1 aromatic rings. The van der Waals surface area contributed by atoms with Gasteiger partial charge >= 0.3 is 0 Å². The minimum Gasteiger partial charge on any atom is -0.495 e. The van der Waals surface area contributed by atoms with E-state index in [2.05, 4.69) is 35.3 Å². The van der Waals surface area contributed by atoms with Gasteiger partial charge in [0.1, 0.15) is 5.75 Å². The molecule has 2 aliphatic heterocycles. The SMILES string of the molecule is COc1ccc(C)cc1N1CC2CNCC(C2)C1. The summed E-state index contributed by atoms with van der Waals surface area (Å²) in [6.07, 6.45) is 1.39. The second kappa shape index (κ2) is 4.81. The number of hydrogen-bond acceptors (Lipinski definition) is 3. The van der Waals surface area contributed by atoms with E-state index in [1.165, 1.54) is 30.8 Å². The third kappa shape index (κ3) is 2.19. The third-order valence-corrected chi connectivity index (χ3v) is 4.16. The fourth-order valence-corrected chi connectivity index (χ4v) is 3.35. The molecule has 3 heteroatoms. The summed E-state index contributed by atoms with van der Waals surface area (Å²) >= 11 is 0. The number of aryl methyl sites for hydroxylation is 1. The van der Waals surface area contributed by atoms with Gasteiger partial charge in [-0.25, -0.2) is 0 Å². The quantitative estimate of drug-likeness (QED) is 0.864. The van der Waals surface area contributed by atoms with E-state index in [0.717, 1.165) is 30.7 Å². The van der Waals surface area contributed by atoms with E-state index in [-0.39, 0.29) is 0 Å². The number of benzene rings is 1. The number of anilines is 1. The maximum Gasteiger partial charge on any atom is 0.142 e. The van der Waals surface area contributed by atoms with Crippen LogP contribution in [0.3, 0.4) is 0 Å². The molecule has 18 heavy (non-hydrogen) atoms. The van der Waals surface area contributed by atoms with Crippen LogP contribution in [-0.2, 0) is 0 Å². The van der Waals surface area contributed by atoms with Crippen LogP contribution in [0.4, 0.5) is 5.69 Å². The van der Waals surface area contributed by atoms with Gasteiger partial charge in [-0.05, 0) is 56.0 Å². The van der Waals surface area contributed by atoms with Gasteiger partial charge in [0.25, 0.3) is 0 Å². The first-order chi connectivity index (χ1) is 8.76. The molecule has 0 radical (unpaired) electrons. The maximum absolute atomic E-state index is 5.52. The lowest BCUT2D eigenvalue weighted by Gasteiger charge is -2.43. The molecule has 0 aromatic heterocycles. The fourth-order valence-electron chi connectivity index (χ4n) is 3.35. The lowest BCUT2D eigenvalue weighted by molar-refractivity contribution is 0.248. The standard InChI is InChI=1S/C15H22N2O/c1-11-3-4-15(18-2)14(5-11)17-9-12-6-13(10-17)8-16-7-12/h3-5,12-13,16H,6-10H2,1-2H3. The molecule has 0 spiro atoms. The van der Waals surface area contributed by atoms with Gasteiger partial charge in [0.2, 0.25) is 0 Å². The lowest BCUT2D eigenvalue weighted by Crippen LogP contribution is -2.51. The number of fused-ring (bicyclic) bond motifs is 2. The first-order valence-electron chi connectivity index (χ1n) is 6.86. The highest BCUT2D eigenvalue weighted by molar-refractivity contribution is 5.60. The summed E-state index contributed by atoms with van der Waals surface area (Å²) in [6.45, 7) is 6.80. The van der Waals surface area contributed by atoms with Crippen molar-refractivity contribution in [3.63, 3.8) is 0 Å². The summed E-state index contributed by atoms with van der Waals surface area (Å²) < 4.78 is 5.52. The van der Waals surface area contributed by atoms with Crippen molar-refractivity contribution in [2.75, 3.05) is 38.2 Å². The molecule has 0 saturated carbocycles. The number of hydrogen-bond donors (Lipinski definition) is 1. The van der Waals surface area contributed by atoms with Crippen LogP contribution < -0.4 is 15.0 Å². The van der Waals surface area contributed by atoms with Gasteiger partial charge in [-0.1, -0.05) is 6.07 Å². The van der Waals surface area contributed by atoms with E-state index in [1.54, 1.807) is 7.11 Å². The zero-order chi connectivity index (χ0) is 12.5. The van der Waals surface area contributed by atoms with Crippen molar-refractivity contribution < 1.29 is 4.74 Å². The Bertz CT molecular complexity index is 421. The molecule has 2 atom stereocenters. The van der Waals surface area contributed by atoms with Crippen LogP contribution >= 0.6 is 0 Å². The molecule has 2 unspecified atom stereocenters. The first kappa shape index (κ1) is 11.8. The molecule has 0 aliphatic carbocycles. The third-order valence-electron chi connectivity index (χ3n) is 4.16. The number of rotatable bonds is 2. The van der Waals surface area contributed by atoms with Crippen LogP contribution in [0.2, 0.25) is 0 Å². The van der Waals surface area contributed by atoms with E-state index >= 15 is 0 Å². The maximum atomic E-state index is 5.52. The largest absolute Gasteiger partial charge is 0.495 e. The van der Waals surface area contributed by atoms with Gasteiger partial charge in [0, 0.05) is 13.1 Å². The highest BCUT2D eigenvalue weighted by atomic mass is 16.5. The number of ether oxygens (including phenoxy) is 1. The Morgan fingerprint density at radius 3 is 2.61 bits per heavy atom. The summed E-state index contributed by atoms with van der Waals surface area (Å²) in [6, 6.07) is 6.47. The van der Waals surface area contributed by atoms with Crippen molar-refractivity contribution in [1.29, 1.82) is 0 Å². The second-order valence-electron chi connectivity index (χ2n) is 5.71. The lowest BCUT2D eigenvalue weighted by atomic mass is 9.85. The molecule has 2 fully saturated rings. The summed E-state index contributed by atoms with van der Waals surface area (Å²) in [5.74, 6) is 2.60. The van der Waals surface area contributed by atoms with Crippen LogP contribution in [0.15, 0.2) is 18.2 Å². The smallest absolute Gasteiger partial charge is 0.142 e. The van der Waals surface area contributed by atoms with Crippen molar-refractivity contribution >= 4 is 5.69 Å². The Balaban J connectivity index is 1.87. The van der Waals surface area contributed by atoms with Crippen LogP contribution in [0, 0.1) is 18.8 Å². The normalized spacial score (nSPS) is 27.1. The van der Waals surface area contributed by atoms with Crippen molar-refractivity contribution in [1.82, 2.24) is 5.32 Å². The van der Waals surface area contributed by atoms with Crippen molar-refractivity contribution in [3.05, 3.63) is 23.8 Å². The molecule has 98 valence electrons. The Hall–Kier alpha value is -1.22. The van der Waals surface area contributed by atoms with Crippen molar-refractivity contribution in [3.8, 4) is 5.75 Å². The summed E-state index contributed by atoms with van der Waals surface area (Å²) in [4.78, 5) is 2.52. The molecule has 2 bridgehead atoms. The van der Waals surface area contributed by atoms with Gasteiger partial charge in [0.05, 0.1) is 12.8 Å². The molecular formula is C15H22N2O. The Kier molecular flexibility index (Phi) is 3.16. The molecule has 2 heterocycles. The average Bonchev–Trinajstić information content (AvgIpc) is 2.38. The Morgan fingerprint density at radius 2 is 1.94 bits per heavy atom. The summed E-state index contributed by atoms with van der Waals surface area (Å²) in [5.41, 5.74) is 2.58. The zero-order valence-electron chi connectivity index (χ0n) is 11.3. The van der Waals surface area contributed by atoms with Gasteiger partial charge in [0.15, 0.2) is 0 Å². The van der Waals surface area contributed by atoms with Gasteiger partial charge < -0.3 is 15.0 Å². The molecular weight excluding hydrogens is 224 g/mol. The van der Waals surface area contributed by atoms with E-state index in [9.17, 15) is 0 Å². The highest BCUT2D eigenvalue weighted by Gasteiger charge is 2.31. The number of methoxy groups -OCH3 is 1. The second-order valence-corrected chi connectivity index (χ2v) is 5.71. The number of piperidine rings is 2. The molecule has 2 saturated heterocycles. The van der Waals surface area contributed by atoms with Gasteiger partial charge in [-0.3, -0.25) is 0 Å². The van der Waals surface area contributed by atoms with Crippen LogP contribution in [0.1, 0.15) is 12.0 Å². The highest BCUT2D eigenvalue weighted by Crippen LogP contribution is 2.34. The first-order valence-corrected chi connectivity index (χ1v) is 6.86. The van der Waals surface area contributed by atoms with Gasteiger partial charge in [-0.15, -0.1) is 0 Å². The number of nitrogens with zero attached hydrogens (tertiary/aromatic N) is 1. The van der Waals surface area contributed by atoms with E-state index in [1.807, 2.05) is 0 Å². The van der Waals surface area contributed by atoms with Crippen LogP contribution in [0.5, 0.6) is 5.75 Å². The molecule has 1 aromatic carbocycles. The van der Waals surface area contributed by atoms with E-state index < -0.39 is 0 Å². The topological polar surface area (TPSA) is 24.5 Å². The average molecular weight is 246 g/mol. The van der Waals surface area contributed by atoms with E-state index in [0.29, 0.717) is 0 Å². The van der Waals surface area contributed by atoms with Crippen LogP contribution in [-0.4, -0.2) is 33.3 Å².